The molecule has 1 aromatic carbocycles. The summed E-state index contributed by atoms with van der Waals surface area (Å²) in [5.41, 5.74) is 7.46. The third-order valence-corrected chi connectivity index (χ3v) is 6.51. The molecule has 2 saturated heterocycles. The number of amidine groups is 1. The number of nitrogen functional groups attached to an aromatic ring is 1. The first-order valence-electron chi connectivity index (χ1n) is 9.43. The first-order valence-corrected chi connectivity index (χ1v) is 11.1. The lowest BCUT2D eigenvalue weighted by Gasteiger charge is -2.29. The van der Waals surface area contributed by atoms with E-state index in [9.17, 15) is 4.79 Å². The summed E-state index contributed by atoms with van der Waals surface area (Å²) in [4.78, 5) is 24.6. The van der Waals surface area contributed by atoms with Crippen LogP contribution in [-0.4, -0.2) is 47.2 Å². The van der Waals surface area contributed by atoms with Gasteiger partial charge >= 0.3 is 0 Å². The normalized spacial score (nSPS) is 21.1. The number of aryl methyl sites for hydroxylation is 1. The number of hydrogen-bond donors (Lipinski definition) is 2. The number of likely N-dealkylation sites (tertiary alicyclic amines) is 1. The fourth-order valence-corrected chi connectivity index (χ4v) is 4.74. The molecule has 1 aromatic heterocycles. The fraction of sp³-hybridized carbons (Fsp3) is 0.350. The first-order chi connectivity index (χ1) is 14.0. The molecule has 0 atom stereocenters. The van der Waals surface area contributed by atoms with Crippen molar-refractivity contribution in [3.63, 3.8) is 0 Å². The maximum atomic E-state index is 12.2. The zero-order chi connectivity index (χ0) is 20.4. The Bertz CT molecular complexity index is 977. The van der Waals surface area contributed by atoms with Gasteiger partial charge in [0.15, 0.2) is 10.3 Å². The van der Waals surface area contributed by atoms with Crippen molar-refractivity contribution in [3.05, 3.63) is 39.7 Å². The number of hydrogen-bond acceptors (Lipinski definition) is 8. The third kappa shape index (κ3) is 4.98. The average Bonchev–Trinajstić information content (AvgIpc) is 3.25. The Balaban J connectivity index is 1.44. The van der Waals surface area contributed by atoms with Crippen molar-refractivity contribution in [3.8, 4) is 5.75 Å². The largest absolute Gasteiger partial charge is 0.490 e. The van der Waals surface area contributed by atoms with Crippen molar-refractivity contribution < 1.29 is 9.53 Å². The maximum Gasteiger partial charge on any atom is 0.264 e. The third-order valence-electron chi connectivity index (χ3n) is 4.82. The number of rotatable bonds is 4. The van der Waals surface area contributed by atoms with E-state index < -0.39 is 0 Å². The van der Waals surface area contributed by atoms with Gasteiger partial charge in [0, 0.05) is 19.3 Å². The number of nitrogens with zero attached hydrogens (tertiary/aromatic N) is 3. The molecule has 2 fully saturated rings. The summed E-state index contributed by atoms with van der Waals surface area (Å²) in [7, 11) is 2.14. The Labute approximate surface area is 178 Å². The van der Waals surface area contributed by atoms with Crippen LogP contribution in [0.5, 0.6) is 5.75 Å². The smallest absolute Gasteiger partial charge is 0.264 e. The van der Waals surface area contributed by atoms with Gasteiger partial charge in [0.2, 0.25) is 0 Å². The number of benzene rings is 1. The molecule has 0 spiro atoms. The van der Waals surface area contributed by atoms with Crippen molar-refractivity contribution in [1.82, 2.24) is 15.2 Å². The van der Waals surface area contributed by atoms with Gasteiger partial charge in [-0.25, -0.2) is 9.98 Å². The number of thiazole rings is 1. The van der Waals surface area contributed by atoms with E-state index in [4.69, 9.17) is 10.5 Å². The second-order valence-corrected chi connectivity index (χ2v) is 9.28. The van der Waals surface area contributed by atoms with Gasteiger partial charge in [-0.1, -0.05) is 11.3 Å². The van der Waals surface area contributed by atoms with Crippen LogP contribution in [0.15, 0.2) is 34.3 Å². The van der Waals surface area contributed by atoms with Crippen LogP contribution >= 0.6 is 23.1 Å². The SMILES string of the molecule is Cc1cc(OC2CCN(C)CC2)ccc1/N=C1/NC(=O)/C(=C/c2cnc(N)s2)S1. The number of carbonyl (C=O) groups is 1. The molecule has 2 aliphatic heterocycles. The molecule has 2 aromatic rings. The predicted octanol–water partition coefficient (Wildman–Crippen LogP) is 3.40. The van der Waals surface area contributed by atoms with E-state index in [0.717, 1.165) is 47.8 Å². The summed E-state index contributed by atoms with van der Waals surface area (Å²) in [5.74, 6) is 0.702. The zero-order valence-corrected chi connectivity index (χ0v) is 18.0. The highest BCUT2D eigenvalue weighted by atomic mass is 32.2. The first kappa shape index (κ1) is 19.9. The molecule has 0 bridgehead atoms. The maximum absolute atomic E-state index is 12.2. The summed E-state index contributed by atoms with van der Waals surface area (Å²) in [6.07, 6.45) is 5.79. The van der Waals surface area contributed by atoms with Crippen LogP contribution in [0.3, 0.4) is 0 Å². The second-order valence-electron chi connectivity index (χ2n) is 7.15. The van der Waals surface area contributed by atoms with Crippen molar-refractivity contribution >= 4 is 51.1 Å². The number of nitrogens with one attached hydrogen (secondary N) is 1. The molecule has 4 rings (SSSR count). The molecule has 29 heavy (non-hydrogen) atoms. The lowest BCUT2D eigenvalue weighted by molar-refractivity contribution is -0.115. The summed E-state index contributed by atoms with van der Waals surface area (Å²) in [6, 6.07) is 5.89. The highest BCUT2D eigenvalue weighted by Gasteiger charge is 2.24. The van der Waals surface area contributed by atoms with E-state index in [1.165, 1.54) is 23.1 Å². The van der Waals surface area contributed by atoms with Crippen LogP contribution in [0.25, 0.3) is 6.08 Å². The van der Waals surface area contributed by atoms with E-state index in [-0.39, 0.29) is 12.0 Å². The number of amides is 1. The van der Waals surface area contributed by atoms with Gasteiger partial charge in [-0.3, -0.25) is 4.79 Å². The zero-order valence-electron chi connectivity index (χ0n) is 16.3. The Hall–Kier alpha value is -2.36. The summed E-state index contributed by atoms with van der Waals surface area (Å²) < 4.78 is 6.14. The number of ether oxygens (including phenoxy) is 1. The van der Waals surface area contributed by atoms with Gasteiger partial charge in [-0.2, -0.15) is 0 Å². The summed E-state index contributed by atoms with van der Waals surface area (Å²) >= 11 is 2.65. The van der Waals surface area contributed by atoms with Gasteiger partial charge in [-0.05, 0) is 68.4 Å². The molecule has 0 radical (unpaired) electrons. The van der Waals surface area contributed by atoms with E-state index in [0.29, 0.717) is 15.2 Å². The van der Waals surface area contributed by atoms with Gasteiger partial charge in [0.25, 0.3) is 5.91 Å². The lowest BCUT2D eigenvalue weighted by Crippen LogP contribution is -2.35. The lowest BCUT2D eigenvalue weighted by atomic mass is 10.1. The van der Waals surface area contributed by atoms with Gasteiger partial charge in [-0.15, -0.1) is 0 Å². The molecule has 0 unspecified atom stereocenters. The number of nitrogens with two attached hydrogens (primary N) is 1. The number of aliphatic imine (C=N–C) groups is 1. The molecular weight excluding hydrogens is 406 g/mol. The Morgan fingerprint density at radius 1 is 1.38 bits per heavy atom. The number of thioether (sulfide) groups is 1. The van der Waals surface area contributed by atoms with Crippen LogP contribution in [0, 0.1) is 6.92 Å². The van der Waals surface area contributed by atoms with Crippen LogP contribution < -0.4 is 15.8 Å². The molecule has 152 valence electrons. The van der Waals surface area contributed by atoms with Crippen molar-refractivity contribution in [2.45, 2.75) is 25.9 Å². The quantitative estimate of drug-likeness (QED) is 0.724. The number of piperidine rings is 1. The van der Waals surface area contributed by atoms with Crippen LogP contribution in [0.2, 0.25) is 0 Å². The summed E-state index contributed by atoms with van der Waals surface area (Å²) in [5, 5.41) is 3.85. The van der Waals surface area contributed by atoms with Crippen molar-refractivity contribution in [2.75, 3.05) is 25.9 Å². The Morgan fingerprint density at radius 3 is 2.86 bits per heavy atom. The molecule has 2 aliphatic rings. The Morgan fingerprint density at radius 2 is 2.17 bits per heavy atom. The Kier molecular flexibility index (Phi) is 5.89. The predicted molar refractivity (Wildman–Crippen MR) is 120 cm³/mol. The van der Waals surface area contributed by atoms with Gasteiger partial charge < -0.3 is 20.7 Å². The van der Waals surface area contributed by atoms with Crippen LogP contribution in [-0.2, 0) is 4.79 Å². The number of carbonyl (C=O) groups excluding carboxylic acids is 1. The second kappa shape index (κ2) is 8.56. The molecule has 9 heteroatoms. The van der Waals surface area contributed by atoms with Crippen molar-refractivity contribution in [1.29, 1.82) is 0 Å². The van der Waals surface area contributed by atoms with Gasteiger partial charge in [0.05, 0.1) is 15.5 Å². The average molecular weight is 430 g/mol. The molecule has 3 heterocycles. The highest BCUT2D eigenvalue weighted by Crippen LogP contribution is 2.32. The number of aromatic nitrogens is 1. The van der Waals surface area contributed by atoms with Crippen molar-refractivity contribution in [2.24, 2.45) is 4.99 Å². The summed E-state index contributed by atoms with van der Waals surface area (Å²) in [6.45, 7) is 4.13. The fourth-order valence-electron chi connectivity index (χ4n) is 3.21. The monoisotopic (exact) mass is 429 g/mol. The standard InChI is InChI=1S/C20H23N5O2S2/c1-12-9-14(27-13-5-7-25(2)8-6-13)3-4-16(12)23-20-24-18(26)17(29-20)10-15-11-22-19(21)28-15/h3-4,9-11,13H,5-8H2,1-2H3,(H2,21,22)(H,23,24,26)/b17-10-. The minimum absolute atomic E-state index is 0.166. The van der Waals surface area contributed by atoms with E-state index >= 15 is 0 Å². The molecule has 0 aliphatic carbocycles. The van der Waals surface area contributed by atoms with E-state index in [1.54, 1.807) is 12.3 Å². The topological polar surface area (TPSA) is 92.8 Å². The van der Waals surface area contributed by atoms with Crippen LogP contribution in [0.4, 0.5) is 10.8 Å². The minimum atomic E-state index is -0.166. The molecule has 1 amide bonds. The highest BCUT2D eigenvalue weighted by molar-refractivity contribution is 8.18. The minimum Gasteiger partial charge on any atom is -0.490 e. The molecule has 3 N–H and O–H groups in total. The van der Waals surface area contributed by atoms with Crippen LogP contribution in [0.1, 0.15) is 23.3 Å². The molecular formula is C20H23N5O2S2. The molecule has 7 nitrogen and oxygen atoms in total. The molecule has 0 saturated carbocycles. The van der Waals surface area contributed by atoms with E-state index in [2.05, 4.69) is 27.2 Å². The van der Waals surface area contributed by atoms with E-state index in [1.807, 2.05) is 25.1 Å². The van der Waals surface area contributed by atoms with Gasteiger partial charge in [0.1, 0.15) is 11.9 Å². The number of anilines is 1.